The number of carbonyl (C=O) groups excluding carboxylic acids is 1. The maximum atomic E-state index is 13.4. The van der Waals surface area contributed by atoms with Gasteiger partial charge in [0.05, 0.1) is 25.0 Å². The minimum Gasteiger partial charge on any atom is -0.481 e. The number of carbonyl (C=O) groups is 2. The van der Waals surface area contributed by atoms with Gasteiger partial charge in [0.2, 0.25) is 5.91 Å². The van der Waals surface area contributed by atoms with Crippen LogP contribution in [0.3, 0.4) is 0 Å². The maximum Gasteiger partial charge on any atom is 0.307 e. The second-order valence-corrected chi connectivity index (χ2v) is 6.81. The molecule has 3 rings (SSSR count). The summed E-state index contributed by atoms with van der Waals surface area (Å²) >= 11 is 0. The Morgan fingerprint density at radius 1 is 1.35 bits per heavy atom. The lowest BCUT2D eigenvalue weighted by Gasteiger charge is -2.33. The minimum atomic E-state index is -0.928. The van der Waals surface area contributed by atoms with Crippen LogP contribution in [-0.4, -0.2) is 41.6 Å². The average molecular weight is 321 g/mol. The molecule has 1 heterocycles. The fourth-order valence-electron chi connectivity index (χ4n) is 3.51. The fourth-order valence-corrected chi connectivity index (χ4v) is 3.51. The number of carboxylic acids is 1. The van der Waals surface area contributed by atoms with E-state index in [0.717, 1.165) is 0 Å². The summed E-state index contributed by atoms with van der Waals surface area (Å²) in [5.41, 5.74) is 0.169. The summed E-state index contributed by atoms with van der Waals surface area (Å²) in [6.45, 7) is 4.72. The summed E-state index contributed by atoms with van der Waals surface area (Å²) in [6, 6.07) is 6.14. The normalized spacial score (nSPS) is 29.2. The molecule has 1 aliphatic carbocycles. The Balaban J connectivity index is 1.72. The molecule has 3 atom stereocenters. The van der Waals surface area contributed by atoms with Crippen LogP contribution in [0.15, 0.2) is 24.3 Å². The van der Waals surface area contributed by atoms with Crippen molar-refractivity contribution in [3.63, 3.8) is 0 Å². The summed E-state index contributed by atoms with van der Waals surface area (Å²) in [6.07, 6.45) is -0.381. The van der Waals surface area contributed by atoms with E-state index in [1.165, 1.54) is 12.1 Å². The lowest BCUT2D eigenvalue weighted by Crippen LogP contribution is -2.43. The van der Waals surface area contributed by atoms with Crippen molar-refractivity contribution in [1.29, 1.82) is 0 Å². The molecule has 124 valence electrons. The quantitative estimate of drug-likeness (QED) is 0.925. The van der Waals surface area contributed by atoms with Crippen molar-refractivity contribution in [2.24, 2.45) is 17.3 Å². The highest BCUT2D eigenvalue weighted by Gasteiger charge is 2.66. The van der Waals surface area contributed by atoms with Crippen molar-refractivity contribution in [1.82, 2.24) is 4.90 Å². The van der Waals surface area contributed by atoms with Crippen molar-refractivity contribution in [3.8, 4) is 0 Å². The van der Waals surface area contributed by atoms with E-state index < -0.39 is 23.2 Å². The SMILES string of the molecule is CC1(C)[C@H](C(=O)O)[C@@H]1C(=O)N1CCOC(c2cccc(F)c2)C1. The van der Waals surface area contributed by atoms with Gasteiger partial charge in [-0.15, -0.1) is 0 Å². The van der Waals surface area contributed by atoms with Crippen LogP contribution in [0.25, 0.3) is 0 Å². The van der Waals surface area contributed by atoms with Gasteiger partial charge in [0, 0.05) is 6.54 Å². The van der Waals surface area contributed by atoms with Crippen LogP contribution in [0.2, 0.25) is 0 Å². The zero-order valence-corrected chi connectivity index (χ0v) is 13.2. The van der Waals surface area contributed by atoms with Gasteiger partial charge in [-0.1, -0.05) is 26.0 Å². The van der Waals surface area contributed by atoms with E-state index in [1.807, 2.05) is 0 Å². The molecule has 0 aromatic heterocycles. The number of ether oxygens (including phenoxy) is 1. The number of morpholine rings is 1. The number of carboxylic acid groups (broad SMARTS) is 1. The number of halogens is 1. The monoisotopic (exact) mass is 321 g/mol. The standard InChI is InChI=1S/C17H20FNO4/c1-17(2)13(14(17)16(21)22)15(20)19-6-7-23-12(9-19)10-4-3-5-11(18)8-10/h3-5,8,12-14H,6-7,9H2,1-2H3,(H,21,22)/t12?,13-,14+/m1/s1. The largest absolute Gasteiger partial charge is 0.481 e. The van der Waals surface area contributed by atoms with Gasteiger partial charge in [-0.2, -0.15) is 0 Å². The van der Waals surface area contributed by atoms with Crippen molar-refractivity contribution < 1.29 is 23.8 Å². The van der Waals surface area contributed by atoms with Crippen molar-refractivity contribution >= 4 is 11.9 Å². The highest BCUT2D eigenvalue weighted by atomic mass is 19.1. The third kappa shape index (κ3) is 2.83. The molecule has 2 aliphatic rings. The van der Waals surface area contributed by atoms with Crippen LogP contribution in [0.4, 0.5) is 4.39 Å². The third-order valence-corrected chi connectivity index (χ3v) is 4.96. The molecule has 5 nitrogen and oxygen atoms in total. The molecule has 1 aromatic carbocycles. The van der Waals surface area contributed by atoms with Gasteiger partial charge >= 0.3 is 5.97 Å². The van der Waals surface area contributed by atoms with Crippen LogP contribution < -0.4 is 0 Å². The number of benzene rings is 1. The van der Waals surface area contributed by atoms with Gasteiger partial charge in [0.15, 0.2) is 0 Å². The van der Waals surface area contributed by atoms with Crippen LogP contribution in [0.5, 0.6) is 0 Å². The molecule has 1 amide bonds. The van der Waals surface area contributed by atoms with Gasteiger partial charge in [0.25, 0.3) is 0 Å². The van der Waals surface area contributed by atoms with Crippen LogP contribution in [0.1, 0.15) is 25.5 Å². The molecule has 0 bridgehead atoms. The molecule has 1 saturated carbocycles. The Hall–Kier alpha value is -1.95. The second-order valence-electron chi connectivity index (χ2n) is 6.81. The molecule has 23 heavy (non-hydrogen) atoms. The minimum absolute atomic E-state index is 0.146. The topological polar surface area (TPSA) is 66.8 Å². The zero-order valence-electron chi connectivity index (χ0n) is 13.2. The van der Waals surface area contributed by atoms with E-state index in [9.17, 15) is 19.1 Å². The van der Waals surface area contributed by atoms with E-state index in [0.29, 0.717) is 25.3 Å². The predicted octanol–water partition coefficient (Wildman–Crippen LogP) is 2.08. The fraction of sp³-hybridized carbons (Fsp3) is 0.529. The number of aliphatic carboxylic acids is 1. The lowest BCUT2D eigenvalue weighted by molar-refractivity contribution is -0.145. The number of hydrogen-bond acceptors (Lipinski definition) is 3. The smallest absolute Gasteiger partial charge is 0.307 e. The maximum absolute atomic E-state index is 13.4. The molecule has 0 spiro atoms. The molecular formula is C17H20FNO4. The summed E-state index contributed by atoms with van der Waals surface area (Å²) in [5, 5.41) is 9.23. The molecule has 1 aromatic rings. The van der Waals surface area contributed by atoms with Crippen LogP contribution >= 0.6 is 0 Å². The number of nitrogens with zero attached hydrogens (tertiary/aromatic N) is 1. The molecule has 1 aliphatic heterocycles. The van der Waals surface area contributed by atoms with E-state index in [2.05, 4.69) is 0 Å². The number of amides is 1. The van der Waals surface area contributed by atoms with E-state index in [1.54, 1.807) is 30.9 Å². The van der Waals surface area contributed by atoms with E-state index in [4.69, 9.17) is 4.74 Å². The summed E-state index contributed by atoms with van der Waals surface area (Å²) < 4.78 is 19.0. The molecule has 1 saturated heterocycles. The molecule has 2 fully saturated rings. The molecule has 1 N–H and O–H groups in total. The zero-order chi connectivity index (χ0) is 16.8. The Bertz CT molecular complexity index is 645. The Morgan fingerprint density at radius 2 is 2.09 bits per heavy atom. The van der Waals surface area contributed by atoms with Crippen LogP contribution in [-0.2, 0) is 14.3 Å². The molecular weight excluding hydrogens is 301 g/mol. The Kier molecular flexibility index (Phi) is 3.88. The third-order valence-electron chi connectivity index (χ3n) is 4.96. The first-order valence-electron chi connectivity index (χ1n) is 7.71. The number of hydrogen-bond donors (Lipinski definition) is 1. The average Bonchev–Trinajstić information content (AvgIpc) is 3.09. The van der Waals surface area contributed by atoms with Crippen molar-refractivity contribution in [2.75, 3.05) is 19.7 Å². The summed E-state index contributed by atoms with van der Waals surface area (Å²) in [4.78, 5) is 25.6. The summed E-state index contributed by atoms with van der Waals surface area (Å²) in [5.74, 6) is -2.55. The highest BCUT2D eigenvalue weighted by molar-refractivity contribution is 5.91. The number of rotatable bonds is 3. The second kappa shape index (κ2) is 5.60. The first-order valence-corrected chi connectivity index (χ1v) is 7.71. The lowest BCUT2D eigenvalue weighted by atomic mass is 10.1. The Morgan fingerprint density at radius 3 is 2.70 bits per heavy atom. The van der Waals surface area contributed by atoms with Crippen LogP contribution in [0, 0.1) is 23.1 Å². The van der Waals surface area contributed by atoms with Crippen molar-refractivity contribution in [3.05, 3.63) is 35.6 Å². The van der Waals surface area contributed by atoms with Crippen molar-refractivity contribution in [2.45, 2.75) is 20.0 Å². The Labute approximate surface area is 134 Å². The van der Waals surface area contributed by atoms with Gasteiger partial charge in [-0.3, -0.25) is 9.59 Å². The van der Waals surface area contributed by atoms with Gasteiger partial charge in [-0.05, 0) is 23.1 Å². The van der Waals surface area contributed by atoms with Gasteiger partial charge in [0.1, 0.15) is 11.9 Å². The highest BCUT2D eigenvalue weighted by Crippen LogP contribution is 2.59. The van der Waals surface area contributed by atoms with Gasteiger partial charge in [-0.25, -0.2) is 4.39 Å². The summed E-state index contributed by atoms with van der Waals surface area (Å²) in [7, 11) is 0. The predicted molar refractivity (Wildman–Crippen MR) is 80.1 cm³/mol. The van der Waals surface area contributed by atoms with Gasteiger partial charge < -0.3 is 14.7 Å². The van der Waals surface area contributed by atoms with E-state index in [-0.39, 0.29) is 17.8 Å². The molecule has 1 unspecified atom stereocenters. The molecule has 6 heteroatoms. The first-order chi connectivity index (χ1) is 10.8. The van der Waals surface area contributed by atoms with E-state index >= 15 is 0 Å². The first kappa shape index (κ1) is 15.9. The molecule has 0 radical (unpaired) electrons.